The third-order valence-corrected chi connectivity index (χ3v) is 6.10. The molecule has 2 fully saturated rings. The van der Waals surface area contributed by atoms with Crippen molar-refractivity contribution in [3.8, 4) is 11.5 Å². The molecule has 3 atom stereocenters. The van der Waals surface area contributed by atoms with Crippen molar-refractivity contribution < 1.29 is 33.6 Å². The number of carbonyl (C=O) groups excluding carboxylic acids is 2. The van der Waals surface area contributed by atoms with E-state index in [1.54, 1.807) is 18.2 Å². The summed E-state index contributed by atoms with van der Waals surface area (Å²) in [5.74, 6) is 1.33. The van der Waals surface area contributed by atoms with Gasteiger partial charge >= 0.3 is 6.03 Å². The molecule has 10 heteroatoms. The highest BCUT2D eigenvalue weighted by molar-refractivity contribution is 5.90. The molecule has 0 spiro atoms. The second-order valence-corrected chi connectivity index (χ2v) is 8.30. The van der Waals surface area contributed by atoms with Crippen molar-refractivity contribution in [2.45, 2.75) is 50.4 Å². The van der Waals surface area contributed by atoms with Crippen LogP contribution in [-0.2, 0) is 14.3 Å². The van der Waals surface area contributed by atoms with Crippen molar-refractivity contribution in [3.05, 3.63) is 18.2 Å². The number of aliphatic hydroxyl groups is 1. The number of carbonyl (C=O) groups is 2. The van der Waals surface area contributed by atoms with Gasteiger partial charge in [-0.2, -0.15) is 0 Å². The Morgan fingerprint density at radius 3 is 2.69 bits per heavy atom. The van der Waals surface area contributed by atoms with E-state index in [1.165, 1.54) is 0 Å². The van der Waals surface area contributed by atoms with Crippen LogP contribution >= 0.6 is 0 Å². The summed E-state index contributed by atoms with van der Waals surface area (Å²) in [5.41, 5.74) is 0.585. The summed E-state index contributed by atoms with van der Waals surface area (Å²) in [6, 6.07) is 4.50. The first kappa shape index (κ1) is 22.6. The predicted octanol–water partition coefficient (Wildman–Crippen LogP) is 1.38. The van der Waals surface area contributed by atoms with Gasteiger partial charge in [-0.05, 0) is 44.2 Å². The van der Waals surface area contributed by atoms with Crippen LogP contribution in [0.25, 0.3) is 0 Å². The van der Waals surface area contributed by atoms with Crippen molar-refractivity contribution in [2.75, 3.05) is 38.5 Å². The molecule has 3 heterocycles. The van der Waals surface area contributed by atoms with E-state index in [0.29, 0.717) is 49.8 Å². The van der Waals surface area contributed by atoms with Crippen LogP contribution in [0.15, 0.2) is 18.2 Å². The molecule has 3 amide bonds. The summed E-state index contributed by atoms with van der Waals surface area (Å²) < 4.78 is 21.9. The molecule has 3 aliphatic rings. The van der Waals surface area contributed by atoms with Gasteiger partial charge in [0.15, 0.2) is 11.5 Å². The minimum absolute atomic E-state index is 0.0260. The van der Waals surface area contributed by atoms with Crippen molar-refractivity contribution in [3.63, 3.8) is 0 Å². The predicted molar refractivity (Wildman–Crippen MR) is 115 cm³/mol. The molecule has 0 radical (unpaired) electrons. The summed E-state index contributed by atoms with van der Waals surface area (Å²) in [4.78, 5) is 24.7. The summed E-state index contributed by atoms with van der Waals surface area (Å²) in [5, 5.41) is 18.4. The second-order valence-electron chi connectivity index (χ2n) is 8.30. The zero-order valence-corrected chi connectivity index (χ0v) is 18.0. The van der Waals surface area contributed by atoms with E-state index in [0.717, 1.165) is 19.3 Å². The fourth-order valence-corrected chi connectivity index (χ4v) is 4.28. The maximum atomic E-state index is 12.4. The van der Waals surface area contributed by atoms with Crippen LogP contribution in [-0.4, -0.2) is 68.5 Å². The standard InChI is InChI=1S/C22H31N3O7/c26-12-20-17(25-22(28)24-15-1-4-18-19(11-15)31-13-30-18)3-2-16(32-20)5-8-23-21(27)14-6-9-29-10-7-14/h1,4,11,14,16-17,20,26H,2-3,5-10,12-13H2,(H,23,27)(H2,24,25,28)/t16-,17+,20+/m0/s1. The van der Waals surface area contributed by atoms with Crippen LogP contribution in [0, 0.1) is 5.92 Å². The second kappa shape index (κ2) is 10.8. The third-order valence-electron chi connectivity index (χ3n) is 6.10. The number of amides is 3. The lowest BCUT2D eigenvalue weighted by atomic mass is 9.96. The van der Waals surface area contributed by atoms with E-state index in [1.807, 2.05) is 0 Å². The number of hydrogen-bond donors (Lipinski definition) is 4. The number of anilines is 1. The fourth-order valence-electron chi connectivity index (χ4n) is 4.28. The van der Waals surface area contributed by atoms with Crippen LogP contribution in [0.4, 0.5) is 10.5 Å². The average molecular weight is 450 g/mol. The number of nitrogens with one attached hydrogen (secondary N) is 3. The van der Waals surface area contributed by atoms with Gasteiger partial charge in [0.2, 0.25) is 12.7 Å². The van der Waals surface area contributed by atoms with Gasteiger partial charge in [-0.1, -0.05) is 0 Å². The topological polar surface area (TPSA) is 127 Å². The molecule has 0 aliphatic carbocycles. The number of ether oxygens (including phenoxy) is 4. The quantitative estimate of drug-likeness (QED) is 0.495. The highest BCUT2D eigenvalue weighted by atomic mass is 16.7. The molecule has 4 N–H and O–H groups in total. The molecular weight excluding hydrogens is 418 g/mol. The van der Waals surface area contributed by atoms with Gasteiger partial charge in [0.05, 0.1) is 18.8 Å². The van der Waals surface area contributed by atoms with Crippen LogP contribution in [0.1, 0.15) is 32.1 Å². The summed E-state index contributed by atoms with van der Waals surface area (Å²) in [7, 11) is 0. The Kier molecular flexibility index (Phi) is 7.67. The van der Waals surface area contributed by atoms with Crippen molar-refractivity contribution in [1.29, 1.82) is 0 Å². The third kappa shape index (κ3) is 5.81. The van der Waals surface area contributed by atoms with Gasteiger partial charge in [0.25, 0.3) is 0 Å². The van der Waals surface area contributed by atoms with Crippen molar-refractivity contribution in [1.82, 2.24) is 10.6 Å². The molecular formula is C22H31N3O7. The van der Waals surface area contributed by atoms with Gasteiger partial charge < -0.3 is 40.0 Å². The van der Waals surface area contributed by atoms with Crippen molar-refractivity contribution in [2.24, 2.45) is 5.92 Å². The van der Waals surface area contributed by atoms with Crippen LogP contribution in [0.2, 0.25) is 0 Å². The van der Waals surface area contributed by atoms with Gasteiger partial charge in [-0.15, -0.1) is 0 Å². The van der Waals surface area contributed by atoms with E-state index in [2.05, 4.69) is 16.0 Å². The first-order valence-corrected chi connectivity index (χ1v) is 11.2. The Morgan fingerprint density at radius 2 is 1.88 bits per heavy atom. The average Bonchev–Trinajstić information content (AvgIpc) is 3.28. The number of aliphatic hydroxyl groups excluding tert-OH is 1. The molecule has 4 rings (SSSR count). The summed E-state index contributed by atoms with van der Waals surface area (Å²) >= 11 is 0. The molecule has 1 aromatic rings. The smallest absolute Gasteiger partial charge is 0.319 e. The minimum Gasteiger partial charge on any atom is -0.454 e. The number of hydrogen-bond acceptors (Lipinski definition) is 7. The summed E-state index contributed by atoms with van der Waals surface area (Å²) in [6.45, 7) is 1.78. The van der Waals surface area contributed by atoms with E-state index in [-0.39, 0.29) is 43.4 Å². The normalized spacial score (nSPS) is 25.2. The Labute approximate surface area is 186 Å². The van der Waals surface area contributed by atoms with Gasteiger partial charge in [-0.25, -0.2) is 4.79 Å². The Hall–Kier alpha value is -2.56. The zero-order chi connectivity index (χ0) is 22.3. The van der Waals surface area contributed by atoms with Gasteiger partial charge in [0.1, 0.15) is 6.10 Å². The molecule has 2 saturated heterocycles. The maximum absolute atomic E-state index is 12.4. The Bertz CT molecular complexity index is 800. The van der Waals surface area contributed by atoms with E-state index in [9.17, 15) is 14.7 Å². The highest BCUT2D eigenvalue weighted by Gasteiger charge is 2.32. The molecule has 0 unspecified atom stereocenters. The monoisotopic (exact) mass is 449 g/mol. The first-order valence-electron chi connectivity index (χ1n) is 11.2. The fraction of sp³-hybridized carbons (Fsp3) is 0.636. The first-order chi connectivity index (χ1) is 15.6. The molecule has 32 heavy (non-hydrogen) atoms. The Balaban J connectivity index is 1.19. The van der Waals surface area contributed by atoms with Crippen LogP contribution in [0.5, 0.6) is 11.5 Å². The van der Waals surface area contributed by atoms with Gasteiger partial charge in [0, 0.05) is 37.4 Å². The number of benzene rings is 1. The molecule has 0 saturated carbocycles. The number of fused-ring (bicyclic) bond motifs is 1. The van der Waals surface area contributed by atoms with Crippen LogP contribution < -0.4 is 25.4 Å². The van der Waals surface area contributed by atoms with Crippen molar-refractivity contribution >= 4 is 17.6 Å². The highest BCUT2D eigenvalue weighted by Crippen LogP contribution is 2.34. The molecule has 3 aliphatic heterocycles. The molecule has 10 nitrogen and oxygen atoms in total. The molecule has 176 valence electrons. The lowest BCUT2D eigenvalue weighted by molar-refractivity contribution is -0.128. The lowest BCUT2D eigenvalue weighted by Gasteiger charge is -2.36. The van der Waals surface area contributed by atoms with E-state index >= 15 is 0 Å². The van der Waals surface area contributed by atoms with Gasteiger partial charge in [-0.3, -0.25) is 4.79 Å². The molecule has 1 aromatic carbocycles. The molecule has 0 bridgehead atoms. The summed E-state index contributed by atoms with van der Waals surface area (Å²) in [6.07, 6.45) is 3.04. The maximum Gasteiger partial charge on any atom is 0.319 e. The Morgan fingerprint density at radius 1 is 1.06 bits per heavy atom. The zero-order valence-electron chi connectivity index (χ0n) is 18.0. The largest absolute Gasteiger partial charge is 0.454 e. The SMILES string of the molecule is O=C(Nc1ccc2c(c1)OCO2)N[C@@H]1CC[C@@H](CCNC(=O)C2CCOCC2)O[C@@H]1CO. The number of rotatable bonds is 7. The van der Waals surface area contributed by atoms with Crippen LogP contribution in [0.3, 0.4) is 0 Å². The lowest BCUT2D eigenvalue weighted by Crippen LogP contribution is -2.52. The molecule has 0 aromatic heterocycles. The van der Waals surface area contributed by atoms with E-state index < -0.39 is 6.10 Å². The minimum atomic E-state index is -0.498. The number of urea groups is 1. The van der Waals surface area contributed by atoms with E-state index in [4.69, 9.17) is 18.9 Å².